The first-order valence-electron chi connectivity index (χ1n) is 11.8. The summed E-state index contributed by atoms with van der Waals surface area (Å²) >= 11 is 0. The average molecular weight is 570 g/mol. The quantitative estimate of drug-likeness (QED) is 0.128. The van der Waals surface area contributed by atoms with Crippen LogP contribution in [0.15, 0.2) is 107 Å². The fourth-order valence-corrected chi connectivity index (χ4v) is 3.69. The molecule has 0 atom stereocenters. The maximum atomic E-state index is 11.6. The van der Waals surface area contributed by atoms with Gasteiger partial charge in [-0.3, -0.25) is 51.3 Å². The van der Waals surface area contributed by atoms with Gasteiger partial charge in [0, 0.05) is 23.3 Å². The molecule has 0 heterocycles. The maximum absolute atomic E-state index is 11.6. The van der Waals surface area contributed by atoms with Crippen molar-refractivity contribution in [3.63, 3.8) is 0 Å². The summed E-state index contributed by atoms with van der Waals surface area (Å²) in [5.41, 5.74) is 3.94. The lowest BCUT2D eigenvalue weighted by Crippen LogP contribution is -2.20. The Balaban J connectivity index is 1.86. The fraction of sp³-hybridized carbons (Fsp3) is 0. The van der Waals surface area contributed by atoms with E-state index in [1.165, 1.54) is 0 Å². The van der Waals surface area contributed by atoms with Gasteiger partial charge in [0.05, 0.1) is 31.8 Å². The van der Waals surface area contributed by atoms with Gasteiger partial charge < -0.3 is 0 Å². The number of nitrogens with one attached hydrogen (secondary N) is 2. The Bertz CT molecular complexity index is 1620. The molecule has 0 saturated carbocycles. The molecule has 2 N–H and O–H groups in total. The zero-order valence-corrected chi connectivity index (χ0v) is 21.2. The zero-order chi connectivity index (χ0) is 30.2. The Kier molecular flexibility index (Phi) is 8.47. The molecule has 42 heavy (non-hydrogen) atoms. The van der Waals surface area contributed by atoms with E-state index in [1.807, 2.05) is 0 Å². The molecule has 0 unspecified atom stereocenters. The molecule has 0 aromatic heterocycles. The van der Waals surface area contributed by atoms with Crippen LogP contribution in [-0.2, 0) is 0 Å². The van der Waals surface area contributed by atoms with E-state index < -0.39 is 42.4 Å². The number of nitro groups is 4. The van der Waals surface area contributed by atoms with Gasteiger partial charge in [0.25, 0.3) is 11.4 Å². The molecule has 4 aromatic rings. The number of hydrogen-bond acceptors (Lipinski definition) is 12. The van der Waals surface area contributed by atoms with Gasteiger partial charge in [0.1, 0.15) is 22.8 Å². The number of nitro benzene ring substituents is 4. The Morgan fingerprint density at radius 2 is 0.857 bits per heavy atom. The largest absolute Gasteiger partial charge is 0.301 e. The van der Waals surface area contributed by atoms with Crippen LogP contribution in [0.25, 0.3) is 0 Å². The van der Waals surface area contributed by atoms with Gasteiger partial charge >= 0.3 is 11.4 Å². The lowest BCUT2D eigenvalue weighted by molar-refractivity contribution is -0.393. The van der Waals surface area contributed by atoms with E-state index in [4.69, 9.17) is 0 Å². The van der Waals surface area contributed by atoms with E-state index in [-0.39, 0.29) is 22.8 Å². The highest BCUT2D eigenvalue weighted by atomic mass is 16.6. The number of rotatable bonds is 11. The van der Waals surface area contributed by atoms with Crippen LogP contribution >= 0.6 is 0 Å². The van der Waals surface area contributed by atoms with Crippen molar-refractivity contribution in [2.45, 2.75) is 0 Å². The van der Waals surface area contributed by atoms with Gasteiger partial charge in [-0.2, -0.15) is 10.2 Å². The molecule has 210 valence electrons. The first-order chi connectivity index (χ1) is 20.2. The first-order valence-corrected chi connectivity index (χ1v) is 11.8. The highest BCUT2D eigenvalue weighted by molar-refractivity contribution is 6.53. The molecule has 0 aliphatic heterocycles. The first kappa shape index (κ1) is 28.4. The third-order valence-electron chi connectivity index (χ3n) is 5.67. The molecule has 16 nitrogen and oxygen atoms in total. The monoisotopic (exact) mass is 570 g/mol. The van der Waals surface area contributed by atoms with Gasteiger partial charge in [-0.15, -0.1) is 0 Å². The Labute approximate surface area is 235 Å². The lowest BCUT2D eigenvalue weighted by Gasteiger charge is -2.13. The maximum Gasteiger partial charge on any atom is 0.301 e. The lowest BCUT2D eigenvalue weighted by atomic mass is 10.00. The molecule has 0 radical (unpaired) electrons. The van der Waals surface area contributed by atoms with Crippen LogP contribution in [0.3, 0.4) is 0 Å². The van der Waals surface area contributed by atoms with Crippen LogP contribution in [0, 0.1) is 40.5 Å². The van der Waals surface area contributed by atoms with Crippen molar-refractivity contribution in [2.75, 3.05) is 10.9 Å². The number of anilines is 2. The number of benzene rings is 4. The molecule has 16 heteroatoms. The third kappa shape index (κ3) is 6.52. The summed E-state index contributed by atoms with van der Waals surface area (Å²) in [7, 11) is 0. The van der Waals surface area contributed by atoms with E-state index in [1.54, 1.807) is 60.7 Å². The van der Waals surface area contributed by atoms with Crippen molar-refractivity contribution in [1.29, 1.82) is 0 Å². The number of hydrazone groups is 2. The second-order valence-electron chi connectivity index (χ2n) is 8.31. The second-order valence-corrected chi connectivity index (χ2v) is 8.31. The summed E-state index contributed by atoms with van der Waals surface area (Å²) in [4.78, 5) is 42.4. The van der Waals surface area contributed by atoms with Gasteiger partial charge in [0.2, 0.25) is 0 Å². The van der Waals surface area contributed by atoms with Gasteiger partial charge in [-0.25, -0.2) is 0 Å². The Hall–Kier alpha value is -6.58. The third-order valence-corrected chi connectivity index (χ3v) is 5.67. The van der Waals surface area contributed by atoms with Crippen molar-refractivity contribution < 1.29 is 19.7 Å². The molecule has 0 amide bonds. The van der Waals surface area contributed by atoms with Crippen molar-refractivity contribution in [3.05, 3.63) is 149 Å². The summed E-state index contributed by atoms with van der Waals surface area (Å²) in [6.07, 6.45) is 0. The predicted octanol–water partition coefficient (Wildman–Crippen LogP) is 5.65. The molecular formula is C26H18N8O8. The van der Waals surface area contributed by atoms with E-state index in [9.17, 15) is 40.5 Å². The summed E-state index contributed by atoms with van der Waals surface area (Å²) < 4.78 is 0. The van der Waals surface area contributed by atoms with Gasteiger partial charge in [0.15, 0.2) is 0 Å². The van der Waals surface area contributed by atoms with Crippen LogP contribution in [-0.4, -0.2) is 31.1 Å². The van der Waals surface area contributed by atoms with Crippen molar-refractivity contribution >= 4 is 45.5 Å². The highest BCUT2D eigenvalue weighted by Gasteiger charge is 2.22. The zero-order valence-electron chi connectivity index (χ0n) is 21.2. The number of hydrogen-bond donors (Lipinski definition) is 2. The average Bonchev–Trinajstić information content (AvgIpc) is 2.99. The van der Waals surface area contributed by atoms with E-state index in [0.717, 1.165) is 36.4 Å². The minimum absolute atomic E-state index is 0.131. The summed E-state index contributed by atoms with van der Waals surface area (Å²) in [6.45, 7) is 0. The molecule has 4 aromatic carbocycles. The van der Waals surface area contributed by atoms with Crippen LogP contribution in [0.1, 0.15) is 11.1 Å². The van der Waals surface area contributed by atoms with E-state index >= 15 is 0 Å². The molecular weight excluding hydrogens is 552 g/mol. The standard InChI is InChI=1S/C26H18N8O8/c35-31(36)19-11-13-21(23(15-19)33(39)40)27-29-25(17-7-3-1-4-8-17)26(18-9-5-2-6-10-18)30-28-22-14-12-20(32(37)38)16-24(22)34(41)42/h1-16,27-28H/b29-25-,30-26-. The van der Waals surface area contributed by atoms with Gasteiger partial charge in [-0.05, 0) is 12.1 Å². The van der Waals surface area contributed by atoms with Crippen LogP contribution < -0.4 is 10.9 Å². The fourth-order valence-electron chi connectivity index (χ4n) is 3.69. The summed E-state index contributed by atoms with van der Waals surface area (Å²) in [6, 6.07) is 23.0. The van der Waals surface area contributed by atoms with Gasteiger partial charge in [-0.1, -0.05) is 60.7 Å². The molecule has 0 fully saturated rings. The normalized spacial score (nSPS) is 11.4. The predicted molar refractivity (Wildman–Crippen MR) is 153 cm³/mol. The van der Waals surface area contributed by atoms with Crippen LogP contribution in [0.2, 0.25) is 0 Å². The minimum Gasteiger partial charge on any atom is -0.271 e. The molecule has 4 rings (SSSR count). The second kappa shape index (κ2) is 12.5. The molecule has 0 bridgehead atoms. The minimum atomic E-state index is -0.797. The highest BCUT2D eigenvalue weighted by Crippen LogP contribution is 2.30. The summed E-state index contributed by atoms with van der Waals surface area (Å²) in [5, 5.41) is 54.3. The van der Waals surface area contributed by atoms with Crippen molar-refractivity contribution in [2.24, 2.45) is 10.2 Å². The SMILES string of the molecule is O=[N+]([O-])c1ccc(N/N=C(\C(=N/Nc2ccc([N+](=O)[O-])cc2[N+](=O)[O-])c2ccccc2)c2ccccc2)c([N+](=O)[O-])c1. The molecule has 0 aliphatic rings. The Morgan fingerprint density at radius 3 is 1.17 bits per heavy atom. The topological polar surface area (TPSA) is 221 Å². The van der Waals surface area contributed by atoms with Crippen molar-refractivity contribution in [1.82, 2.24) is 0 Å². The van der Waals surface area contributed by atoms with Crippen molar-refractivity contribution in [3.8, 4) is 0 Å². The summed E-state index contributed by atoms with van der Waals surface area (Å²) in [5.74, 6) is 0. The van der Waals surface area contributed by atoms with E-state index in [2.05, 4.69) is 21.1 Å². The smallest absolute Gasteiger partial charge is 0.271 e. The molecule has 0 aliphatic carbocycles. The van der Waals surface area contributed by atoms with E-state index in [0.29, 0.717) is 11.1 Å². The molecule has 0 saturated heterocycles. The number of non-ortho nitro benzene ring substituents is 2. The van der Waals surface area contributed by atoms with Crippen LogP contribution in [0.5, 0.6) is 0 Å². The number of nitrogens with zero attached hydrogens (tertiary/aromatic N) is 6. The Morgan fingerprint density at radius 1 is 0.500 bits per heavy atom. The molecule has 0 spiro atoms. The van der Waals surface area contributed by atoms with Crippen LogP contribution in [0.4, 0.5) is 34.1 Å².